The van der Waals surface area contributed by atoms with E-state index in [4.69, 9.17) is 0 Å². The number of hydrogen-bond acceptors (Lipinski definition) is 1. The van der Waals surface area contributed by atoms with E-state index in [1.807, 2.05) is 36.3 Å². The molecule has 3 rings (SSSR count). The molecule has 70 valence electrons. The van der Waals surface area contributed by atoms with E-state index >= 15 is 0 Å². The number of rotatable bonds is 0. The van der Waals surface area contributed by atoms with Crippen molar-refractivity contribution in [3.05, 3.63) is 65.6 Å². The predicted molar refractivity (Wildman–Crippen MR) is 58.6 cm³/mol. The van der Waals surface area contributed by atoms with E-state index < -0.39 is 0 Å². The van der Waals surface area contributed by atoms with Gasteiger partial charge in [-0.25, -0.2) is 4.79 Å². The molecule has 0 aromatic heterocycles. The Morgan fingerprint density at radius 2 is 2.13 bits per heavy atom. The Morgan fingerprint density at radius 3 is 3.00 bits per heavy atom. The maximum atomic E-state index is 10.8. The van der Waals surface area contributed by atoms with Gasteiger partial charge < -0.3 is 0 Å². The molecule has 0 bridgehead atoms. The van der Waals surface area contributed by atoms with Crippen LogP contribution in [0, 0.1) is 12.3 Å². The molecule has 0 heterocycles. The molecule has 1 aromatic rings. The Hall–Kier alpha value is -1.85. The zero-order valence-electron chi connectivity index (χ0n) is 8.03. The van der Waals surface area contributed by atoms with Crippen LogP contribution in [0.4, 0.5) is 0 Å². The van der Waals surface area contributed by atoms with Crippen LogP contribution in [0.25, 0.3) is 5.57 Å². The van der Waals surface area contributed by atoms with Crippen LogP contribution in [0.5, 0.6) is 0 Å². The van der Waals surface area contributed by atoms with Crippen molar-refractivity contribution in [2.45, 2.75) is 0 Å². The Bertz CT molecular complexity index is 528. The number of hydrogen-bond donors (Lipinski definition) is 0. The zero-order valence-corrected chi connectivity index (χ0v) is 8.03. The van der Waals surface area contributed by atoms with Gasteiger partial charge in [-0.15, -0.1) is 0 Å². The summed E-state index contributed by atoms with van der Waals surface area (Å²) in [6.07, 6.45) is 9.07. The molecule has 1 atom stereocenters. The summed E-state index contributed by atoms with van der Waals surface area (Å²) in [5.41, 5.74) is 4.10. The van der Waals surface area contributed by atoms with E-state index in [1.165, 1.54) is 5.56 Å². The van der Waals surface area contributed by atoms with Gasteiger partial charge in [0.2, 0.25) is 0 Å². The van der Waals surface area contributed by atoms with Gasteiger partial charge in [-0.1, -0.05) is 36.4 Å². The summed E-state index contributed by atoms with van der Waals surface area (Å²) in [6, 6.07) is 8.08. The minimum Gasteiger partial charge on any atom is -0.233 e. The lowest BCUT2D eigenvalue weighted by Gasteiger charge is -2.13. The van der Waals surface area contributed by atoms with Crippen LogP contribution in [0.15, 0.2) is 48.1 Å². The van der Waals surface area contributed by atoms with Crippen molar-refractivity contribution in [2.24, 2.45) is 5.92 Å². The maximum absolute atomic E-state index is 10.8. The fraction of sp³-hybridized carbons (Fsp3) is 0.0714. The highest BCUT2D eigenvalue weighted by atomic mass is 16.1. The second-order valence-electron chi connectivity index (χ2n) is 3.66. The molecule has 1 unspecified atom stereocenters. The Labute approximate surface area is 88.4 Å². The molecule has 0 saturated heterocycles. The topological polar surface area (TPSA) is 17.1 Å². The number of benzene rings is 1. The third-order valence-electron chi connectivity index (χ3n) is 2.83. The van der Waals surface area contributed by atoms with Gasteiger partial charge in [0.15, 0.2) is 0 Å². The largest absolute Gasteiger partial charge is 0.233 e. The molecule has 2 radical (unpaired) electrons. The molecule has 0 amide bonds. The summed E-state index contributed by atoms with van der Waals surface area (Å²) in [5, 5.41) is 0. The van der Waals surface area contributed by atoms with Gasteiger partial charge in [0, 0.05) is 17.9 Å². The van der Waals surface area contributed by atoms with Crippen molar-refractivity contribution >= 4 is 11.5 Å². The first-order valence-electron chi connectivity index (χ1n) is 4.89. The van der Waals surface area contributed by atoms with E-state index in [0.29, 0.717) is 5.57 Å². The van der Waals surface area contributed by atoms with Gasteiger partial charge in [0.05, 0.1) is 0 Å². The number of fused-ring (bicyclic) bond motifs is 3. The van der Waals surface area contributed by atoms with Crippen molar-refractivity contribution in [3.63, 3.8) is 0 Å². The van der Waals surface area contributed by atoms with Crippen LogP contribution in [-0.2, 0) is 4.79 Å². The van der Waals surface area contributed by atoms with E-state index in [0.717, 1.165) is 11.1 Å². The summed E-state index contributed by atoms with van der Waals surface area (Å²) >= 11 is 0. The first kappa shape index (κ1) is 8.46. The summed E-state index contributed by atoms with van der Waals surface area (Å²) in [4.78, 5) is 10.8. The third-order valence-corrected chi connectivity index (χ3v) is 2.83. The van der Waals surface area contributed by atoms with Crippen molar-refractivity contribution in [3.8, 4) is 0 Å². The molecule has 15 heavy (non-hydrogen) atoms. The van der Waals surface area contributed by atoms with Crippen LogP contribution < -0.4 is 0 Å². The second kappa shape index (κ2) is 3.08. The molecule has 1 aromatic carbocycles. The van der Waals surface area contributed by atoms with Crippen molar-refractivity contribution in [1.29, 1.82) is 0 Å². The summed E-state index contributed by atoms with van der Waals surface area (Å²) in [7, 11) is 0. The van der Waals surface area contributed by atoms with Gasteiger partial charge in [-0.3, -0.25) is 0 Å². The van der Waals surface area contributed by atoms with Gasteiger partial charge in [-0.05, 0) is 22.8 Å². The SMILES string of the molecule is O=C=C1C=CC=C2c3ccccc3[C]C12. The van der Waals surface area contributed by atoms with Crippen molar-refractivity contribution in [1.82, 2.24) is 0 Å². The first-order chi connectivity index (χ1) is 7.40. The highest BCUT2D eigenvalue weighted by Crippen LogP contribution is 2.43. The standard InChI is InChI=1S/C14H8O/c15-9-11-5-3-7-13-12-6-2-1-4-10(12)8-14(11)13/h1-7,14H. The van der Waals surface area contributed by atoms with Gasteiger partial charge >= 0.3 is 0 Å². The lowest BCUT2D eigenvalue weighted by Crippen LogP contribution is -2.03. The van der Waals surface area contributed by atoms with E-state index in [2.05, 4.69) is 12.5 Å². The average molecular weight is 192 g/mol. The molecule has 0 N–H and O–H groups in total. The van der Waals surface area contributed by atoms with E-state index in [9.17, 15) is 4.79 Å². The average Bonchev–Trinajstić information content (AvgIpc) is 2.67. The smallest absolute Gasteiger partial charge is 0.128 e. The van der Waals surface area contributed by atoms with Crippen LogP contribution >= 0.6 is 0 Å². The second-order valence-corrected chi connectivity index (χ2v) is 3.66. The summed E-state index contributed by atoms with van der Waals surface area (Å²) in [6.45, 7) is 0. The molecule has 0 saturated carbocycles. The fourth-order valence-corrected chi connectivity index (χ4v) is 2.13. The normalized spacial score (nSPS) is 21.7. The molecule has 1 nitrogen and oxygen atoms in total. The van der Waals surface area contributed by atoms with Crippen LogP contribution in [-0.4, -0.2) is 5.94 Å². The molecule has 2 aliphatic rings. The maximum Gasteiger partial charge on any atom is 0.128 e. The summed E-state index contributed by atoms with van der Waals surface area (Å²) in [5.74, 6) is 1.98. The Morgan fingerprint density at radius 1 is 1.27 bits per heavy atom. The zero-order chi connectivity index (χ0) is 10.3. The van der Waals surface area contributed by atoms with Crippen LogP contribution in [0.2, 0.25) is 0 Å². The minimum atomic E-state index is -0.00935. The first-order valence-corrected chi connectivity index (χ1v) is 4.89. The quantitative estimate of drug-likeness (QED) is 0.577. The molecule has 0 aliphatic heterocycles. The minimum absolute atomic E-state index is 0.00935. The Kier molecular flexibility index (Phi) is 1.74. The molecule has 2 aliphatic carbocycles. The number of carbonyl (C=O) groups excluding carboxylic acids is 1. The van der Waals surface area contributed by atoms with Gasteiger partial charge in [0.1, 0.15) is 5.94 Å². The molecule has 0 fully saturated rings. The molecular formula is C14H8O. The third kappa shape index (κ3) is 1.14. The summed E-state index contributed by atoms with van der Waals surface area (Å²) < 4.78 is 0. The highest BCUT2D eigenvalue weighted by Gasteiger charge is 2.30. The van der Waals surface area contributed by atoms with Crippen molar-refractivity contribution in [2.75, 3.05) is 0 Å². The van der Waals surface area contributed by atoms with Gasteiger partial charge in [-0.2, -0.15) is 0 Å². The van der Waals surface area contributed by atoms with Crippen LogP contribution in [0.3, 0.4) is 0 Å². The van der Waals surface area contributed by atoms with Gasteiger partial charge in [0.25, 0.3) is 0 Å². The lowest BCUT2D eigenvalue weighted by atomic mass is 9.88. The van der Waals surface area contributed by atoms with E-state index in [1.54, 1.807) is 6.08 Å². The van der Waals surface area contributed by atoms with Crippen LogP contribution in [0.1, 0.15) is 11.1 Å². The number of allylic oxidation sites excluding steroid dienone is 5. The Balaban J connectivity index is 2.20. The van der Waals surface area contributed by atoms with Crippen molar-refractivity contribution < 1.29 is 4.79 Å². The molecular weight excluding hydrogens is 184 g/mol. The monoisotopic (exact) mass is 192 g/mol. The van der Waals surface area contributed by atoms with E-state index in [-0.39, 0.29) is 5.92 Å². The molecule has 1 heteroatoms. The fourth-order valence-electron chi connectivity index (χ4n) is 2.13. The molecule has 0 spiro atoms. The predicted octanol–water partition coefficient (Wildman–Crippen LogP) is 2.46. The highest BCUT2D eigenvalue weighted by molar-refractivity contribution is 5.86. The lowest BCUT2D eigenvalue weighted by molar-refractivity contribution is 0.566.